The lowest BCUT2D eigenvalue weighted by molar-refractivity contribution is 0.102. The first-order chi connectivity index (χ1) is 14.2. The van der Waals surface area contributed by atoms with Crippen molar-refractivity contribution in [2.45, 2.75) is 17.2 Å². The molecule has 158 valence electrons. The zero-order valence-corrected chi connectivity index (χ0v) is 16.8. The normalized spacial score (nSPS) is 20.0. The number of sulfonamides is 1. The van der Waals surface area contributed by atoms with Crippen molar-refractivity contribution in [1.82, 2.24) is 9.29 Å². The van der Waals surface area contributed by atoms with E-state index in [4.69, 9.17) is 11.6 Å². The van der Waals surface area contributed by atoms with Crippen LogP contribution in [-0.4, -0.2) is 54.1 Å². The van der Waals surface area contributed by atoms with Crippen molar-refractivity contribution in [2.24, 2.45) is 0 Å². The van der Waals surface area contributed by atoms with Gasteiger partial charge in [-0.3, -0.25) is 4.79 Å². The number of benzene rings is 2. The first-order valence-corrected chi connectivity index (χ1v) is 10.7. The Labute approximate surface area is 175 Å². The average Bonchev–Trinajstić information content (AvgIpc) is 3.30. The number of amides is 1. The minimum Gasteiger partial charge on any atom is -0.389 e. The second-order valence-corrected chi connectivity index (χ2v) is 9.25. The molecule has 0 aliphatic carbocycles. The van der Waals surface area contributed by atoms with Crippen LogP contribution >= 0.6 is 11.6 Å². The van der Waals surface area contributed by atoms with E-state index in [2.05, 4.69) is 10.3 Å². The zero-order valence-electron chi connectivity index (χ0n) is 15.3. The van der Waals surface area contributed by atoms with Crippen molar-refractivity contribution in [3.05, 3.63) is 59.0 Å². The number of nitrogens with zero attached hydrogens (tertiary/aromatic N) is 1. The highest BCUT2D eigenvalue weighted by Crippen LogP contribution is 2.29. The molecule has 1 aliphatic rings. The molecule has 0 spiro atoms. The van der Waals surface area contributed by atoms with Crippen molar-refractivity contribution in [2.75, 3.05) is 18.4 Å². The number of halogens is 3. The quantitative estimate of drug-likeness (QED) is 0.563. The van der Waals surface area contributed by atoms with Crippen LogP contribution in [0, 0.1) is 5.82 Å². The summed E-state index contributed by atoms with van der Waals surface area (Å²) >= 11 is 5.73. The topological polar surface area (TPSA) is 102 Å². The lowest BCUT2D eigenvalue weighted by Crippen LogP contribution is -2.30. The molecule has 4 rings (SSSR count). The summed E-state index contributed by atoms with van der Waals surface area (Å²) in [5.41, 5.74) is 0.639. The molecule has 0 bridgehead atoms. The van der Waals surface area contributed by atoms with Crippen LogP contribution < -0.4 is 5.32 Å². The Balaban J connectivity index is 1.72. The van der Waals surface area contributed by atoms with E-state index in [-0.39, 0.29) is 27.7 Å². The summed E-state index contributed by atoms with van der Waals surface area (Å²) in [6.07, 6.45) is -1.53. The van der Waals surface area contributed by atoms with Crippen molar-refractivity contribution in [3.63, 3.8) is 0 Å². The van der Waals surface area contributed by atoms with E-state index in [1.165, 1.54) is 24.3 Å². The third-order valence-corrected chi connectivity index (χ3v) is 6.98. The smallest absolute Gasteiger partial charge is 0.257 e. The van der Waals surface area contributed by atoms with Gasteiger partial charge in [0.05, 0.1) is 21.0 Å². The Morgan fingerprint density at radius 1 is 1.23 bits per heavy atom. The fourth-order valence-corrected chi connectivity index (χ4v) is 5.01. The van der Waals surface area contributed by atoms with Crippen LogP contribution in [0.1, 0.15) is 10.4 Å². The molecule has 2 atom stereocenters. The second kappa shape index (κ2) is 7.62. The van der Waals surface area contributed by atoms with E-state index >= 15 is 0 Å². The number of fused-ring (bicyclic) bond motifs is 1. The van der Waals surface area contributed by atoms with Crippen molar-refractivity contribution in [3.8, 4) is 0 Å². The molecular formula is C19H16ClF2N3O4S. The number of aromatic nitrogens is 1. The van der Waals surface area contributed by atoms with Crippen molar-refractivity contribution < 1.29 is 27.1 Å². The highest BCUT2D eigenvalue weighted by molar-refractivity contribution is 7.89. The van der Waals surface area contributed by atoms with Gasteiger partial charge in [0, 0.05) is 30.4 Å². The molecule has 0 radical (unpaired) electrons. The molecule has 2 heterocycles. The van der Waals surface area contributed by atoms with Gasteiger partial charge in [0.2, 0.25) is 10.0 Å². The van der Waals surface area contributed by atoms with Gasteiger partial charge in [-0.15, -0.1) is 0 Å². The molecule has 0 saturated carbocycles. The van der Waals surface area contributed by atoms with Gasteiger partial charge in [-0.1, -0.05) is 11.6 Å². The second-order valence-electron chi connectivity index (χ2n) is 6.90. The fourth-order valence-electron chi connectivity index (χ4n) is 3.30. The maximum Gasteiger partial charge on any atom is 0.257 e. The first kappa shape index (κ1) is 20.7. The molecule has 7 nitrogen and oxygen atoms in total. The number of aliphatic hydroxyl groups excluding tert-OH is 1. The number of alkyl halides is 1. The molecule has 3 N–H and O–H groups in total. The van der Waals surface area contributed by atoms with Crippen molar-refractivity contribution in [1.29, 1.82) is 0 Å². The van der Waals surface area contributed by atoms with Gasteiger partial charge in [-0.2, -0.15) is 4.31 Å². The van der Waals surface area contributed by atoms with E-state index in [1.807, 2.05) is 0 Å². The Morgan fingerprint density at radius 2 is 2.00 bits per heavy atom. The number of aromatic amines is 1. The Morgan fingerprint density at radius 3 is 2.67 bits per heavy atom. The Bertz CT molecular complexity index is 1240. The zero-order chi connectivity index (χ0) is 21.6. The molecule has 1 fully saturated rings. The predicted molar refractivity (Wildman–Crippen MR) is 107 cm³/mol. The van der Waals surface area contributed by atoms with Gasteiger partial charge in [-0.05, 0) is 36.4 Å². The fraction of sp³-hybridized carbons (Fsp3) is 0.211. The van der Waals surface area contributed by atoms with Crippen LogP contribution in [0.3, 0.4) is 0 Å². The third kappa shape index (κ3) is 3.67. The molecule has 1 aromatic heterocycles. The molecule has 2 aromatic carbocycles. The number of anilines is 1. The summed E-state index contributed by atoms with van der Waals surface area (Å²) in [4.78, 5) is 15.5. The lowest BCUT2D eigenvalue weighted by atomic mass is 10.1. The molecule has 11 heteroatoms. The summed E-state index contributed by atoms with van der Waals surface area (Å²) in [7, 11) is -4.15. The molecule has 1 aliphatic heterocycles. The van der Waals surface area contributed by atoms with Gasteiger partial charge in [0.25, 0.3) is 5.91 Å². The molecule has 1 saturated heterocycles. The van der Waals surface area contributed by atoms with Crippen molar-refractivity contribution >= 4 is 44.1 Å². The lowest BCUT2D eigenvalue weighted by Gasteiger charge is -2.16. The number of H-pyrrole nitrogens is 1. The summed E-state index contributed by atoms with van der Waals surface area (Å²) in [5, 5.41) is 12.4. The summed E-state index contributed by atoms with van der Waals surface area (Å²) in [6, 6.07) is 7.77. The number of hydrogen-bond acceptors (Lipinski definition) is 4. The van der Waals surface area contributed by atoms with Gasteiger partial charge < -0.3 is 15.4 Å². The van der Waals surface area contributed by atoms with E-state index in [0.29, 0.717) is 10.9 Å². The standard InChI is InChI=1S/C19H16ClF2N3O4S/c20-14-6-11(1-2-15(14)21)24-19(27)13-7-12(5-10-3-4-23-18(10)13)30(28,29)25-8-16(22)17(26)9-25/h1-7,16-17,23,26H,8-9H2,(H,24,27). The number of aliphatic hydroxyl groups is 1. The van der Waals surface area contributed by atoms with Crippen LogP contribution in [0.5, 0.6) is 0 Å². The maximum absolute atomic E-state index is 13.7. The molecule has 1 amide bonds. The number of hydrogen-bond donors (Lipinski definition) is 3. The summed E-state index contributed by atoms with van der Waals surface area (Å²) in [5.74, 6) is -1.29. The van der Waals surface area contributed by atoms with E-state index < -0.39 is 40.6 Å². The van der Waals surface area contributed by atoms with Crippen LogP contribution in [0.4, 0.5) is 14.5 Å². The predicted octanol–water partition coefficient (Wildman–Crippen LogP) is 2.92. The first-order valence-electron chi connectivity index (χ1n) is 8.86. The van der Waals surface area contributed by atoms with Crippen LogP contribution in [0.25, 0.3) is 10.9 Å². The van der Waals surface area contributed by atoms with E-state index in [0.717, 1.165) is 10.4 Å². The monoisotopic (exact) mass is 455 g/mol. The van der Waals surface area contributed by atoms with E-state index in [1.54, 1.807) is 12.3 Å². The largest absolute Gasteiger partial charge is 0.389 e. The molecule has 3 aromatic rings. The number of nitrogens with one attached hydrogen (secondary N) is 2. The minimum atomic E-state index is -4.15. The van der Waals surface area contributed by atoms with Gasteiger partial charge in [0.15, 0.2) is 0 Å². The highest BCUT2D eigenvalue weighted by atomic mass is 35.5. The number of β-amino-alcohol motifs (C(OH)–C–C–N with tert-alkyl or cyclic N) is 1. The highest BCUT2D eigenvalue weighted by Gasteiger charge is 2.39. The SMILES string of the molecule is O=C(Nc1ccc(F)c(Cl)c1)c1cc(S(=O)(=O)N2CC(O)C(F)C2)cc2cc[nH]c12. The maximum atomic E-state index is 13.7. The Hall–Kier alpha value is -2.53. The van der Waals surface area contributed by atoms with Crippen LogP contribution in [-0.2, 0) is 10.0 Å². The minimum absolute atomic E-state index is 0.0214. The molecular weight excluding hydrogens is 440 g/mol. The van der Waals surface area contributed by atoms with Crippen LogP contribution in [0.15, 0.2) is 47.5 Å². The third-order valence-electron chi connectivity index (χ3n) is 4.88. The number of carbonyl (C=O) groups excluding carboxylic acids is 1. The molecule has 2 unspecified atom stereocenters. The van der Waals surface area contributed by atoms with Crippen LogP contribution in [0.2, 0.25) is 5.02 Å². The van der Waals surface area contributed by atoms with E-state index in [9.17, 15) is 27.1 Å². The van der Waals surface area contributed by atoms with Gasteiger partial charge >= 0.3 is 0 Å². The number of carbonyl (C=O) groups is 1. The molecule has 30 heavy (non-hydrogen) atoms. The summed E-state index contributed by atoms with van der Waals surface area (Å²) < 4.78 is 53.8. The Kier molecular flexibility index (Phi) is 5.27. The van der Waals surface area contributed by atoms with Gasteiger partial charge in [-0.25, -0.2) is 17.2 Å². The summed E-state index contributed by atoms with van der Waals surface area (Å²) in [6.45, 7) is -0.839. The number of rotatable bonds is 4. The van der Waals surface area contributed by atoms with Gasteiger partial charge in [0.1, 0.15) is 18.1 Å². The average molecular weight is 456 g/mol.